The number of pyridine rings is 2. The number of benzene rings is 1. The van der Waals surface area contributed by atoms with Crippen molar-refractivity contribution in [2.45, 2.75) is 18.0 Å². The molecule has 2 N–H and O–H groups in total. The molecule has 5 rings (SSSR count). The van der Waals surface area contributed by atoms with Crippen molar-refractivity contribution in [3.63, 3.8) is 0 Å². The Morgan fingerprint density at radius 3 is 2.44 bits per heavy atom. The summed E-state index contributed by atoms with van der Waals surface area (Å²) in [6.07, 6.45) is 2.80. The minimum absolute atomic E-state index is 0.204. The van der Waals surface area contributed by atoms with E-state index in [2.05, 4.69) is 22.2 Å². The van der Waals surface area contributed by atoms with Crippen molar-refractivity contribution in [1.29, 1.82) is 0 Å². The average molecular weight is 580 g/mol. The van der Waals surface area contributed by atoms with Crippen LogP contribution in [0.2, 0.25) is 10.0 Å². The molecular formula is C26H25Cl2F2N5O4. The van der Waals surface area contributed by atoms with Crippen LogP contribution in [0.5, 0.6) is 11.5 Å². The minimum Gasteiger partial charge on any atom is -0.495 e. The summed E-state index contributed by atoms with van der Waals surface area (Å²) in [5, 5.41) is 7.73. The van der Waals surface area contributed by atoms with E-state index in [0.717, 1.165) is 0 Å². The van der Waals surface area contributed by atoms with Crippen LogP contribution in [0.15, 0.2) is 37.1 Å². The molecule has 1 amide bonds. The van der Waals surface area contributed by atoms with Gasteiger partial charge in [0.1, 0.15) is 23.1 Å². The Balaban J connectivity index is 1.58. The number of carbonyl (C=O) groups is 1. The number of rotatable bonds is 8. The van der Waals surface area contributed by atoms with Crippen LogP contribution in [-0.2, 0) is 9.53 Å². The van der Waals surface area contributed by atoms with Crippen molar-refractivity contribution in [3.8, 4) is 22.8 Å². The van der Waals surface area contributed by atoms with Crippen molar-refractivity contribution in [3.05, 3.63) is 47.1 Å². The predicted octanol–water partition coefficient (Wildman–Crippen LogP) is 4.56. The van der Waals surface area contributed by atoms with Crippen molar-refractivity contribution in [1.82, 2.24) is 15.3 Å². The van der Waals surface area contributed by atoms with Gasteiger partial charge in [0.05, 0.1) is 68.3 Å². The zero-order valence-electron chi connectivity index (χ0n) is 21.1. The second-order valence-corrected chi connectivity index (χ2v) is 9.98. The first-order chi connectivity index (χ1) is 18.6. The predicted molar refractivity (Wildman–Crippen MR) is 146 cm³/mol. The minimum atomic E-state index is -2.83. The first-order valence-corrected chi connectivity index (χ1v) is 12.7. The van der Waals surface area contributed by atoms with Gasteiger partial charge in [0, 0.05) is 28.6 Å². The Morgan fingerprint density at radius 2 is 1.82 bits per heavy atom. The molecule has 0 unspecified atom stereocenters. The molecule has 0 radical (unpaired) electrons. The number of aromatic nitrogens is 2. The van der Waals surface area contributed by atoms with E-state index >= 15 is 0 Å². The molecule has 2 aliphatic heterocycles. The summed E-state index contributed by atoms with van der Waals surface area (Å²) >= 11 is 13.2. The molecule has 0 saturated carbocycles. The molecule has 0 spiro atoms. The normalized spacial score (nSPS) is 19.9. The van der Waals surface area contributed by atoms with E-state index in [4.69, 9.17) is 42.4 Å². The number of hydrogen-bond acceptors (Lipinski definition) is 8. The van der Waals surface area contributed by atoms with Gasteiger partial charge in [-0.15, -0.1) is 0 Å². The number of fused-ring (bicyclic) bond motifs is 1. The fraction of sp³-hybridized carbons (Fsp3) is 0.346. The molecule has 1 aromatic carbocycles. The Bertz CT molecular complexity index is 1420. The number of nitrogens with zero attached hydrogens (tertiary/aromatic N) is 3. The standard InChI is InChI=1S/C26H25Cl2F2N5O4/c1-4-21(36)33-17-10-39-9-16(17)32-20-6-14-13(8-31-20)5-15(34-25(14)35-11-26(29,30)12-35)22-23(27)18(37-2)7-19(38-3)24(22)28/h4-8,16-17H,1,9-12H2,2-3H3,(H,31,32)(H,33,36)/t16-,17+/m1/s1. The van der Waals surface area contributed by atoms with Gasteiger partial charge in [0.25, 0.3) is 5.92 Å². The molecule has 2 saturated heterocycles. The number of methoxy groups -OCH3 is 2. The van der Waals surface area contributed by atoms with Crippen LogP contribution < -0.4 is 25.0 Å². The van der Waals surface area contributed by atoms with Crippen LogP contribution in [0.3, 0.4) is 0 Å². The second-order valence-electron chi connectivity index (χ2n) is 9.23. The van der Waals surface area contributed by atoms with E-state index in [1.54, 1.807) is 24.4 Å². The average Bonchev–Trinajstić information content (AvgIpc) is 3.33. The van der Waals surface area contributed by atoms with Crippen LogP contribution >= 0.6 is 23.2 Å². The van der Waals surface area contributed by atoms with Crippen molar-refractivity contribution >= 4 is 51.5 Å². The number of amides is 1. The van der Waals surface area contributed by atoms with Gasteiger partial charge in [0.2, 0.25) is 5.91 Å². The van der Waals surface area contributed by atoms with Gasteiger partial charge in [-0.25, -0.2) is 18.7 Å². The summed E-state index contributed by atoms with van der Waals surface area (Å²) in [4.78, 5) is 22.5. The summed E-state index contributed by atoms with van der Waals surface area (Å²) in [5.74, 6) is -1.70. The first kappa shape index (κ1) is 27.2. The number of halogens is 4. The van der Waals surface area contributed by atoms with Gasteiger partial charge >= 0.3 is 0 Å². The molecule has 2 atom stereocenters. The maximum Gasteiger partial charge on any atom is 0.282 e. The Labute approximate surface area is 233 Å². The van der Waals surface area contributed by atoms with E-state index in [0.29, 0.717) is 58.4 Å². The Hall–Kier alpha value is -3.41. The van der Waals surface area contributed by atoms with Crippen LogP contribution in [0.1, 0.15) is 0 Å². The first-order valence-electron chi connectivity index (χ1n) is 11.9. The van der Waals surface area contributed by atoms with E-state index in [1.807, 2.05) is 0 Å². The number of ether oxygens (including phenoxy) is 3. The molecular weight excluding hydrogens is 555 g/mol. The maximum atomic E-state index is 13.9. The molecule has 2 aromatic heterocycles. The van der Waals surface area contributed by atoms with Crippen LogP contribution in [0.4, 0.5) is 20.4 Å². The molecule has 0 aliphatic carbocycles. The van der Waals surface area contributed by atoms with Gasteiger partial charge in [-0.3, -0.25) is 4.79 Å². The van der Waals surface area contributed by atoms with Gasteiger partial charge in [-0.1, -0.05) is 29.8 Å². The third-order valence-electron chi connectivity index (χ3n) is 6.59. The highest BCUT2D eigenvalue weighted by molar-refractivity contribution is 6.41. The van der Waals surface area contributed by atoms with Gasteiger partial charge < -0.3 is 29.7 Å². The van der Waals surface area contributed by atoms with Crippen LogP contribution in [-0.4, -0.2) is 74.4 Å². The summed E-state index contributed by atoms with van der Waals surface area (Å²) in [5.41, 5.74) is 0.690. The Kier molecular flexibility index (Phi) is 7.41. The van der Waals surface area contributed by atoms with Crippen LogP contribution in [0, 0.1) is 0 Å². The Morgan fingerprint density at radius 1 is 1.15 bits per heavy atom. The van der Waals surface area contributed by atoms with E-state index in [-0.39, 0.29) is 28.0 Å². The summed E-state index contributed by atoms with van der Waals surface area (Å²) in [7, 11) is 2.92. The van der Waals surface area contributed by atoms with E-state index in [1.165, 1.54) is 25.2 Å². The third kappa shape index (κ3) is 5.26. The molecule has 13 heteroatoms. The van der Waals surface area contributed by atoms with Gasteiger partial charge in [-0.05, 0) is 18.2 Å². The molecule has 3 aromatic rings. The van der Waals surface area contributed by atoms with Crippen molar-refractivity contribution < 1.29 is 27.8 Å². The smallest absolute Gasteiger partial charge is 0.282 e. The monoisotopic (exact) mass is 579 g/mol. The lowest BCUT2D eigenvalue weighted by Crippen LogP contribution is -2.56. The largest absolute Gasteiger partial charge is 0.495 e. The van der Waals surface area contributed by atoms with Gasteiger partial charge in [0.15, 0.2) is 0 Å². The van der Waals surface area contributed by atoms with Crippen molar-refractivity contribution in [2.24, 2.45) is 0 Å². The highest BCUT2D eigenvalue weighted by atomic mass is 35.5. The third-order valence-corrected chi connectivity index (χ3v) is 7.35. The number of hydrogen-bond donors (Lipinski definition) is 2. The van der Waals surface area contributed by atoms with Gasteiger partial charge in [-0.2, -0.15) is 0 Å². The lowest BCUT2D eigenvalue weighted by molar-refractivity contribution is -0.117. The molecule has 2 fully saturated rings. The molecule has 4 heterocycles. The number of anilines is 2. The zero-order valence-corrected chi connectivity index (χ0v) is 22.6. The second kappa shape index (κ2) is 10.6. The fourth-order valence-electron chi connectivity index (χ4n) is 4.62. The molecule has 9 nitrogen and oxygen atoms in total. The lowest BCUT2D eigenvalue weighted by Gasteiger charge is -2.40. The van der Waals surface area contributed by atoms with Crippen LogP contribution in [0.25, 0.3) is 22.0 Å². The van der Waals surface area contributed by atoms with E-state index < -0.39 is 19.0 Å². The summed E-state index contributed by atoms with van der Waals surface area (Å²) in [6.45, 7) is 3.17. The number of alkyl halides is 2. The molecule has 2 aliphatic rings. The van der Waals surface area contributed by atoms with Crippen molar-refractivity contribution in [2.75, 3.05) is 50.7 Å². The quantitative estimate of drug-likeness (QED) is 0.375. The number of nitrogens with one attached hydrogen (secondary N) is 2. The molecule has 206 valence electrons. The highest BCUT2D eigenvalue weighted by Crippen LogP contribution is 2.47. The fourth-order valence-corrected chi connectivity index (χ4v) is 5.31. The summed E-state index contributed by atoms with van der Waals surface area (Å²) < 4.78 is 44.1. The molecule has 39 heavy (non-hydrogen) atoms. The SMILES string of the molecule is C=CC(=O)N[C@H]1COC[C@H]1Nc1cc2c(N3CC(F)(F)C3)nc(-c3c(Cl)c(OC)cc(OC)c3Cl)cc2cn1. The lowest BCUT2D eigenvalue weighted by atomic mass is 10.0. The highest BCUT2D eigenvalue weighted by Gasteiger charge is 2.45. The zero-order chi connectivity index (χ0) is 27.9. The number of carbonyl (C=O) groups excluding carboxylic acids is 1. The maximum absolute atomic E-state index is 13.9. The molecule has 0 bridgehead atoms. The topological polar surface area (TPSA) is 97.8 Å². The van der Waals surface area contributed by atoms with E-state index in [9.17, 15) is 13.6 Å². The summed E-state index contributed by atoms with van der Waals surface area (Å²) in [6, 6.07) is 4.46.